The summed E-state index contributed by atoms with van der Waals surface area (Å²) in [6, 6.07) is -0.226. The monoisotopic (exact) mass is 303 g/mol. The van der Waals surface area contributed by atoms with Crippen LogP contribution in [0.3, 0.4) is 0 Å². The summed E-state index contributed by atoms with van der Waals surface area (Å²) in [5.41, 5.74) is 0. The number of sulfonamides is 1. The van der Waals surface area contributed by atoms with Gasteiger partial charge < -0.3 is 9.84 Å². The van der Waals surface area contributed by atoms with Gasteiger partial charge in [0.2, 0.25) is 10.0 Å². The molecule has 20 heavy (non-hydrogen) atoms. The smallest absolute Gasteiger partial charge is 0.305 e. The van der Waals surface area contributed by atoms with Gasteiger partial charge in [-0.15, -0.1) is 0 Å². The van der Waals surface area contributed by atoms with Gasteiger partial charge in [-0.25, -0.2) is 13.1 Å². The number of nitrogens with one attached hydrogen (secondary N) is 1. The van der Waals surface area contributed by atoms with Gasteiger partial charge in [0.1, 0.15) is 4.90 Å². The summed E-state index contributed by atoms with van der Waals surface area (Å²) >= 11 is 0. The first-order valence-electron chi connectivity index (χ1n) is 6.32. The van der Waals surface area contributed by atoms with E-state index in [0.717, 1.165) is 12.8 Å². The van der Waals surface area contributed by atoms with Crippen LogP contribution in [0.25, 0.3) is 0 Å². The molecule has 2 N–H and O–H groups in total. The van der Waals surface area contributed by atoms with E-state index >= 15 is 0 Å². The molecule has 1 atom stereocenters. The summed E-state index contributed by atoms with van der Waals surface area (Å²) in [5.74, 6) is -0.956. The number of carboxylic acids is 1. The molecule has 0 saturated carbocycles. The third kappa shape index (κ3) is 4.02. The van der Waals surface area contributed by atoms with Crippen LogP contribution in [-0.4, -0.2) is 48.5 Å². The van der Waals surface area contributed by atoms with Gasteiger partial charge in [0.25, 0.3) is 0 Å². The summed E-state index contributed by atoms with van der Waals surface area (Å²) in [5, 5.41) is 12.4. The largest absolute Gasteiger partial charge is 0.481 e. The quantitative estimate of drug-likeness (QED) is 0.754. The van der Waals surface area contributed by atoms with E-state index in [1.807, 2.05) is 0 Å². The fraction of sp³-hybridized carbons (Fsp3) is 0.636. The van der Waals surface area contributed by atoms with Crippen LogP contribution in [0.15, 0.2) is 17.3 Å². The molecule has 1 unspecified atom stereocenters. The minimum atomic E-state index is -3.64. The molecule has 1 saturated heterocycles. The van der Waals surface area contributed by atoms with Gasteiger partial charge in [-0.05, 0) is 12.8 Å². The van der Waals surface area contributed by atoms with Crippen LogP contribution in [-0.2, 0) is 26.1 Å². The van der Waals surface area contributed by atoms with Crippen molar-refractivity contribution in [2.75, 3.05) is 13.2 Å². The Morgan fingerprint density at radius 3 is 3.05 bits per heavy atom. The lowest BCUT2D eigenvalue weighted by molar-refractivity contribution is -0.137. The maximum atomic E-state index is 12.1. The highest BCUT2D eigenvalue weighted by atomic mass is 32.2. The lowest BCUT2D eigenvalue weighted by atomic mass is 10.1. The Morgan fingerprint density at radius 1 is 1.60 bits per heavy atom. The van der Waals surface area contributed by atoms with Gasteiger partial charge in [0.15, 0.2) is 0 Å². The van der Waals surface area contributed by atoms with E-state index in [1.54, 1.807) is 0 Å². The third-order valence-electron chi connectivity index (χ3n) is 2.96. The van der Waals surface area contributed by atoms with E-state index in [2.05, 4.69) is 9.82 Å². The molecule has 0 bridgehead atoms. The molecule has 0 spiro atoms. The summed E-state index contributed by atoms with van der Waals surface area (Å²) in [6.07, 6.45) is 4.01. The molecule has 1 aliphatic heterocycles. The standard InChI is InChI=1S/C11H17N3O5S/c15-11(16)3-4-14-7-10(6-12-14)20(17,18)13-9-2-1-5-19-8-9/h6-7,9,13H,1-5,8H2,(H,15,16). The lowest BCUT2D eigenvalue weighted by Crippen LogP contribution is -2.40. The normalized spacial score (nSPS) is 19.9. The van der Waals surface area contributed by atoms with Crippen molar-refractivity contribution >= 4 is 16.0 Å². The van der Waals surface area contributed by atoms with Crippen LogP contribution >= 0.6 is 0 Å². The van der Waals surface area contributed by atoms with Crippen molar-refractivity contribution in [3.63, 3.8) is 0 Å². The van der Waals surface area contributed by atoms with Crippen molar-refractivity contribution in [2.45, 2.75) is 36.7 Å². The number of nitrogens with zero attached hydrogens (tertiary/aromatic N) is 2. The predicted molar refractivity (Wildman–Crippen MR) is 68.6 cm³/mol. The zero-order valence-corrected chi connectivity index (χ0v) is 11.7. The minimum Gasteiger partial charge on any atom is -0.481 e. The van der Waals surface area contributed by atoms with Crippen LogP contribution in [0.2, 0.25) is 0 Å². The molecule has 1 aromatic heterocycles. The van der Waals surface area contributed by atoms with E-state index in [-0.39, 0.29) is 23.9 Å². The molecular weight excluding hydrogens is 286 g/mol. The van der Waals surface area contributed by atoms with Crippen molar-refractivity contribution in [3.8, 4) is 0 Å². The number of ether oxygens (including phenoxy) is 1. The number of hydrogen-bond donors (Lipinski definition) is 2. The van der Waals surface area contributed by atoms with Crippen molar-refractivity contribution in [3.05, 3.63) is 12.4 Å². The van der Waals surface area contributed by atoms with Crippen LogP contribution < -0.4 is 4.72 Å². The van der Waals surface area contributed by atoms with Gasteiger partial charge in [-0.1, -0.05) is 0 Å². The highest BCUT2D eigenvalue weighted by molar-refractivity contribution is 7.89. The SMILES string of the molecule is O=C(O)CCn1cc(S(=O)(=O)NC2CCCOC2)cn1. The van der Waals surface area contributed by atoms with E-state index < -0.39 is 16.0 Å². The molecule has 112 valence electrons. The molecule has 0 aliphatic carbocycles. The van der Waals surface area contributed by atoms with Gasteiger partial charge in [0, 0.05) is 18.8 Å². The van der Waals surface area contributed by atoms with Crippen LogP contribution in [0.4, 0.5) is 0 Å². The van der Waals surface area contributed by atoms with Crippen molar-refractivity contribution in [1.29, 1.82) is 0 Å². The van der Waals surface area contributed by atoms with Gasteiger partial charge in [-0.3, -0.25) is 9.48 Å². The molecule has 8 nitrogen and oxygen atoms in total. The summed E-state index contributed by atoms with van der Waals surface area (Å²) < 4.78 is 33.3. The van der Waals surface area contributed by atoms with Gasteiger partial charge >= 0.3 is 5.97 Å². The molecule has 1 aromatic rings. The van der Waals surface area contributed by atoms with Gasteiger partial charge in [0.05, 0.1) is 25.8 Å². The predicted octanol–water partition coefficient (Wildman–Crippen LogP) is -0.185. The highest BCUT2D eigenvalue weighted by Gasteiger charge is 2.23. The molecule has 1 aliphatic rings. The molecule has 2 rings (SSSR count). The topological polar surface area (TPSA) is 111 Å². The fourth-order valence-electron chi connectivity index (χ4n) is 1.94. The fourth-order valence-corrected chi connectivity index (χ4v) is 3.14. The summed E-state index contributed by atoms with van der Waals surface area (Å²) in [7, 11) is -3.64. The molecule has 2 heterocycles. The Morgan fingerprint density at radius 2 is 2.40 bits per heavy atom. The highest BCUT2D eigenvalue weighted by Crippen LogP contribution is 2.12. The Balaban J connectivity index is 1.99. The van der Waals surface area contributed by atoms with E-state index in [0.29, 0.717) is 13.2 Å². The number of hydrogen-bond acceptors (Lipinski definition) is 5. The second-order valence-corrected chi connectivity index (χ2v) is 6.33. The lowest BCUT2D eigenvalue weighted by Gasteiger charge is -2.22. The maximum Gasteiger partial charge on any atom is 0.305 e. The first-order valence-corrected chi connectivity index (χ1v) is 7.80. The third-order valence-corrected chi connectivity index (χ3v) is 4.43. The number of carboxylic acid groups (broad SMARTS) is 1. The molecular formula is C11H17N3O5S. The van der Waals surface area contributed by atoms with E-state index in [9.17, 15) is 13.2 Å². The van der Waals surface area contributed by atoms with Crippen LogP contribution in [0.5, 0.6) is 0 Å². The summed E-state index contributed by atoms with van der Waals surface area (Å²) in [4.78, 5) is 10.5. The average Bonchev–Trinajstić information content (AvgIpc) is 2.86. The van der Waals surface area contributed by atoms with Crippen molar-refractivity contribution < 1.29 is 23.1 Å². The Bertz CT molecular complexity index is 562. The molecule has 1 fully saturated rings. The number of rotatable bonds is 6. The second-order valence-electron chi connectivity index (χ2n) is 4.62. The van der Waals surface area contributed by atoms with Gasteiger partial charge in [-0.2, -0.15) is 5.10 Å². The molecule has 9 heteroatoms. The molecule has 0 aromatic carbocycles. The Kier molecular flexibility index (Phi) is 4.73. The van der Waals surface area contributed by atoms with E-state index in [1.165, 1.54) is 17.1 Å². The van der Waals surface area contributed by atoms with E-state index in [4.69, 9.17) is 9.84 Å². The molecule has 0 amide bonds. The average molecular weight is 303 g/mol. The number of aromatic nitrogens is 2. The minimum absolute atomic E-state index is 0.0356. The maximum absolute atomic E-state index is 12.1. The first kappa shape index (κ1) is 14.9. The first-order chi connectivity index (χ1) is 9.47. The second kappa shape index (κ2) is 6.33. The zero-order chi connectivity index (χ0) is 14.6. The number of aryl methyl sites for hydroxylation is 1. The van der Waals surface area contributed by atoms with Crippen LogP contribution in [0, 0.1) is 0 Å². The number of carbonyl (C=O) groups is 1. The van der Waals surface area contributed by atoms with Crippen molar-refractivity contribution in [2.24, 2.45) is 0 Å². The number of aliphatic carboxylic acids is 1. The van der Waals surface area contributed by atoms with Crippen molar-refractivity contribution in [1.82, 2.24) is 14.5 Å². The Hall–Kier alpha value is -1.45. The van der Waals surface area contributed by atoms with Crippen LogP contribution in [0.1, 0.15) is 19.3 Å². The zero-order valence-electron chi connectivity index (χ0n) is 10.9. The summed E-state index contributed by atoms with van der Waals surface area (Å²) in [6.45, 7) is 1.16. The molecule has 0 radical (unpaired) electrons. The Labute approximate surface area is 116 Å².